The molecule has 0 amide bonds. The van der Waals surface area contributed by atoms with Crippen molar-refractivity contribution >= 4 is 37.6 Å². The normalized spacial score (nSPS) is 24.9. The number of hydrogen-bond acceptors (Lipinski definition) is 3. The van der Waals surface area contributed by atoms with Gasteiger partial charge in [-0.1, -0.05) is 11.6 Å². The highest BCUT2D eigenvalue weighted by Gasteiger charge is 2.36. The van der Waals surface area contributed by atoms with Gasteiger partial charge in [0.15, 0.2) is 0 Å². The lowest BCUT2D eigenvalue weighted by Crippen LogP contribution is -2.57. The summed E-state index contributed by atoms with van der Waals surface area (Å²) in [4.78, 5) is -0.0819. The Morgan fingerprint density at radius 1 is 1.45 bits per heavy atom. The second kappa shape index (κ2) is 5.88. The summed E-state index contributed by atoms with van der Waals surface area (Å²) < 4.78 is 40.3. The van der Waals surface area contributed by atoms with Crippen molar-refractivity contribution in [3.8, 4) is 0 Å². The maximum absolute atomic E-state index is 13.2. The van der Waals surface area contributed by atoms with Crippen LogP contribution in [0.5, 0.6) is 0 Å². The molecule has 1 fully saturated rings. The molecule has 1 aliphatic heterocycles. The Kier molecular flexibility index (Phi) is 4.76. The van der Waals surface area contributed by atoms with Gasteiger partial charge in [-0.2, -0.15) is 4.31 Å². The average Bonchev–Trinajstić information content (AvgIpc) is 2.30. The Labute approximate surface area is 131 Å². The summed E-state index contributed by atoms with van der Waals surface area (Å²) in [6, 6.07) is 1.95. The van der Waals surface area contributed by atoms with E-state index in [2.05, 4.69) is 21.2 Å². The second-order valence-corrected chi connectivity index (χ2v) is 7.89. The Balaban J connectivity index is 2.50. The molecule has 1 saturated heterocycles. The number of piperazine rings is 1. The zero-order valence-electron chi connectivity index (χ0n) is 11.0. The van der Waals surface area contributed by atoms with Crippen LogP contribution in [0.15, 0.2) is 21.5 Å². The number of rotatable bonds is 2. The molecular formula is C12H15BrClFN2O2S. The van der Waals surface area contributed by atoms with Crippen molar-refractivity contribution in [2.24, 2.45) is 0 Å². The van der Waals surface area contributed by atoms with E-state index < -0.39 is 15.8 Å². The van der Waals surface area contributed by atoms with Crippen molar-refractivity contribution in [2.45, 2.75) is 30.8 Å². The van der Waals surface area contributed by atoms with Gasteiger partial charge in [0.25, 0.3) is 0 Å². The molecule has 2 atom stereocenters. The van der Waals surface area contributed by atoms with Gasteiger partial charge in [-0.15, -0.1) is 0 Å². The number of nitrogens with zero attached hydrogens (tertiary/aromatic N) is 1. The summed E-state index contributed by atoms with van der Waals surface area (Å²) in [5.74, 6) is -0.581. The van der Waals surface area contributed by atoms with E-state index in [0.717, 1.165) is 12.1 Å². The van der Waals surface area contributed by atoms with Gasteiger partial charge in [0.1, 0.15) is 10.7 Å². The highest BCUT2D eigenvalue weighted by Crippen LogP contribution is 2.34. The number of hydrogen-bond donors (Lipinski definition) is 1. The molecule has 1 aliphatic rings. The lowest BCUT2D eigenvalue weighted by atomic mass is 10.1. The molecule has 0 saturated carbocycles. The van der Waals surface area contributed by atoms with Crippen LogP contribution in [0.25, 0.3) is 0 Å². The van der Waals surface area contributed by atoms with Gasteiger partial charge in [0.05, 0.1) is 5.02 Å². The Morgan fingerprint density at radius 3 is 2.70 bits per heavy atom. The molecule has 1 aromatic rings. The highest BCUT2D eigenvalue weighted by molar-refractivity contribution is 9.10. The predicted molar refractivity (Wildman–Crippen MR) is 79.9 cm³/mol. The lowest BCUT2D eigenvalue weighted by Gasteiger charge is -2.37. The van der Waals surface area contributed by atoms with Gasteiger partial charge >= 0.3 is 0 Å². The highest BCUT2D eigenvalue weighted by atomic mass is 79.9. The predicted octanol–water partition coefficient (Wildman–Crippen LogP) is 2.61. The first-order valence-electron chi connectivity index (χ1n) is 6.15. The van der Waals surface area contributed by atoms with Crippen molar-refractivity contribution in [1.82, 2.24) is 9.62 Å². The number of nitrogens with one attached hydrogen (secondary N) is 1. The van der Waals surface area contributed by atoms with Gasteiger partial charge in [-0.3, -0.25) is 0 Å². The van der Waals surface area contributed by atoms with Crippen LogP contribution < -0.4 is 5.32 Å². The Morgan fingerprint density at radius 2 is 2.10 bits per heavy atom. The molecule has 0 aliphatic carbocycles. The van der Waals surface area contributed by atoms with Crippen LogP contribution in [0.3, 0.4) is 0 Å². The fraction of sp³-hybridized carbons (Fsp3) is 0.500. The standard InChI is InChI=1S/C12H15BrClFN2O2S/c1-7-8(2)17(4-3-16-7)20(18,19)12-10(13)5-9(15)6-11(12)14/h5-8,16H,3-4H2,1-2H3. The van der Waals surface area contributed by atoms with Gasteiger partial charge in [0.2, 0.25) is 10.0 Å². The minimum atomic E-state index is -3.77. The summed E-state index contributed by atoms with van der Waals surface area (Å²) in [5, 5.41) is 3.10. The van der Waals surface area contributed by atoms with Crippen LogP contribution in [0.2, 0.25) is 5.02 Å². The summed E-state index contributed by atoms with van der Waals surface area (Å²) in [5.41, 5.74) is 0. The van der Waals surface area contributed by atoms with Crippen molar-refractivity contribution in [1.29, 1.82) is 0 Å². The van der Waals surface area contributed by atoms with Gasteiger partial charge in [-0.25, -0.2) is 12.8 Å². The number of benzene rings is 1. The largest absolute Gasteiger partial charge is 0.311 e. The topological polar surface area (TPSA) is 49.4 Å². The van der Waals surface area contributed by atoms with Crippen LogP contribution in [-0.4, -0.2) is 37.9 Å². The monoisotopic (exact) mass is 384 g/mol. The van der Waals surface area contributed by atoms with E-state index in [-0.39, 0.29) is 26.5 Å². The van der Waals surface area contributed by atoms with Crippen LogP contribution in [0, 0.1) is 5.82 Å². The maximum Gasteiger partial charge on any atom is 0.246 e. The van der Waals surface area contributed by atoms with Crippen molar-refractivity contribution in [2.75, 3.05) is 13.1 Å². The third-order valence-electron chi connectivity index (χ3n) is 3.51. The van der Waals surface area contributed by atoms with Gasteiger partial charge < -0.3 is 5.32 Å². The summed E-state index contributed by atoms with van der Waals surface area (Å²) in [6.07, 6.45) is 0. The Bertz CT molecular complexity index is 603. The van der Waals surface area contributed by atoms with E-state index in [0.29, 0.717) is 13.1 Å². The SMILES string of the molecule is CC1NCCN(S(=O)(=O)c2c(Cl)cc(F)cc2Br)C1C. The van der Waals surface area contributed by atoms with E-state index in [9.17, 15) is 12.8 Å². The quantitative estimate of drug-likeness (QED) is 0.851. The van der Waals surface area contributed by atoms with E-state index in [1.54, 1.807) is 0 Å². The second-order valence-electron chi connectivity index (χ2n) is 4.80. The van der Waals surface area contributed by atoms with Gasteiger partial charge in [0, 0.05) is 29.6 Å². The molecule has 1 N–H and O–H groups in total. The first kappa shape index (κ1) is 16.2. The molecule has 112 valence electrons. The molecule has 2 unspecified atom stereocenters. The first-order chi connectivity index (χ1) is 9.25. The van der Waals surface area contributed by atoms with Gasteiger partial charge in [-0.05, 0) is 41.9 Å². The molecule has 0 bridgehead atoms. The van der Waals surface area contributed by atoms with E-state index in [4.69, 9.17) is 11.6 Å². The molecule has 0 radical (unpaired) electrons. The number of sulfonamides is 1. The minimum absolute atomic E-state index is 0.0384. The fourth-order valence-electron chi connectivity index (χ4n) is 2.26. The smallest absolute Gasteiger partial charge is 0.246 e. The molecule has 1 heterocycles. The zero-order chi connectivity index (χ0) is 15.1. The summed E-state index contributed by atoms with van der Waals surface area (Å²) in [6.45, 7) is 4.68. The zero-order valence-corrected chi connectivity index (χ0v) is 14.2. The minimum Gasteiger partial charge on any atom is -0.311 e. The molecule has 1 aromatic carbocycles. The van der Waals surface area contributed by atoms with Crippen LogP contribution in [0.4, 0.5) is 4.39 Å². The fourth-order valence-corrected chi connectivity index (χ4v) is 5.71. The van der Waals surface area contributed by atoms with Crippen LogP contribution in [-0.2, 0) is 10.0 Å². The van der Waals surface area contributed by atoms with Crippen molar-refractivity contribution in [3.63, 3.8) is 0 Å². The third-order valence-corrected chi connectivity index (χ3v) is 6.89. The molecule has 0 aromatic heterocycles. The van der Waals surface area contributed by atoms with Crippen molar-refractivity contribution < 1.29 is 12.8 Å². The molecule has 0 spiro atoms. The van der Waals surface area contributed by atoms with Crippen LogP contribution >= 0.6 is 27.5 Å². The Hall–Kier alpha value is -0.210. The summed E-state index contributed by atoms with van der Waals surface area (Å²) >= 11 is 9.02. The molecular weight excluding hydrogens is 371 g/mol. The average molecular weight is 386 g/mol. The third kappa shape index (κ3) is 2.87. The molecule has 2 rings (SSSR count). The van der Waals surface area contributed by atoms with E-state index in [1.165, 1.54) is 4.31 Å². The lowest BCUT2D eigenvalue weighted by molar-refractivity contribution is 0.233. The first-order valence-corrected chi connectivity index (χ1v) is 8.76. The van der Waals surface area contributed by atoms with E-state index >= 15 is 0 Å². The molecule has 20 heavy (non-hydrogen) atoms. The van der Waals surface area contributed by atoms with Crippen LogP contribution in [0.1, 0.15) is 13.8 Å². The van der Waals surface area contributed by atoms with E-state index in [1.807, 2.05) is 13.8 Å². The number of halogens is 3. The summed E-state index contributed by atoms with van der Waals surface area (Å²) in [7, 11) is -3.77. The van der Waals surface area contributed by atoms with Crippen molar-refractivity contribution in [3.05, 3.63) is 27.4 Å². The molecule has 8 heteroatoms. The molecule has 4 nitrogen and oxygen atoms in total. The maximum atomic E-state index is 13.2.